The van der Waals surface area contributed by atoms with Crippen molar-refractivity contribution in [1.29, 1.82) is 5.41 Å². The van der Waals surface area contributed by atoms with Gasteiger partial charge in [0.25, 0.3) is 5.69 Å². The van der Waals surface area contributed by atoms with E-state index in [1.807, 2.05) is 0 Å². The van der Waals surface area contributed by atoms with E-state index in [1.54, 1.807) is 6.26 Å². The Balaban J connectivity index is 3.39. The number of nitrogens with zero attached hydrogens (tertiary/aromatic N) is 1. The highest BCUT2D eigenvalue weighted by Crippen LogP contribution is 2.31. The van der Waals surface area contributed by atoms with E-state index in [0.29, 0.717) is 16.1 Å². The van der Waals surface area contributed by atoms with Crippen molar-refractivity contribution in [3.63, 3.8) is 0 Å². The molecule has 14 heavy (non-hydrogen) atoms. The predicted molar refractivity (Wildman–Crippen MR) is 57.2 cm³/mol. The van der Waals surface area contributed by atoms with Crippen LogP contribution >= 0.6 is 11.8 Å². The Kier molecular flexibility index (Phi) is 3.08. The topological polar surface area (TPSA) is 93.0 Å². The van der Waals surface area contributed by atoms with Crippen molar-refractivity contribution in [3.05, 3.63) is 27.8 Å². The number of anilines is 1. The summed E-state index contributed by atoms with van der Waals surface area (Å²) in [5.41, 5.74) is 6.33. The van der Waals surface area contributed by atoms with Crippen molar-refractivity contribution in [2.24, 2.45) is 0 Å². The number of nitro groups is 1. The van der Waals surface area contributed by atoms with Crippen LogP contribution in [0.1, 0.15) is 5.56 Å². The van der Waals surface area contributed by atoms with Gasteiger partial charge in [-0.2, -0.15) is 0 Å². The molecule has 0 amide bonds. The molecule has 0 fully saturated rings. The molecule has 0 saturated carbocycles. The van der Waals surface area contributed by atoms with Gasteiger partial charge in [-0.1, -0.05) is 0 Å². The summed E-state index contributed by atoms with van der Waals surface area (Å²) < 4.78 is 0. The molecule has 0 aliphatic carbocycles. The van der Waals surface area contributed by atoms with Crippen molar-refractivity contribution in [2.75, 3.05) is 12.0 Å². The normalized spacial score (nSPS) is 9.79. The molecule has 0 saturated heterocycles. The Morgan fingerprint density at radius 2 is 2.29 bits per heavy atom. The summed E-state index contributed by atoms with van der Waals surface area (Å²) in [7, 11) is 0. The zero-order chi connectivity index (χ0) is 10.7. The lowest BCUT2D eigenvalue weighted by atomic mass is 10.2. The lowest BCUT2D eigenvalue weighted by Gasteiger charge is -2.03. The molecule has 0 unspecified atom stereocenters. The number of hydrogen-bond acceptors (Lipinski definition) is 5. The first kappa shape index (κ1) is 10.5. The molecule has 5 nitrogen and oxygen atoms in total. The van der Waals surface area contributed by atoms with E-state index in [4.69, 9.17) is 11.1 Å². The molecule has 0 atom stereocenters. The van der Waals surface area contributed by atoms with Gasteiger partial charge in [0.2, 0.25) is 0 Å². The molecule has 0 bridgehead atoms. The van der Waals surface area contributed by atoms with Crippen molar-refractivity contribution in [2.45, 2.75) is 4.90 Å². The number of nitrogens with one attached hydrogen (secondary N) is 1. The average Bonchev–Trinajstić information content (AvgIpc) is 2.16. The van der Waals surface area contributed by atoms with Crippen LogP contribution in [0.3, 0.4) is 0 Å². The zero-order valence-corrected chi connectivity index (χ0v) is 8.30. The van der Waals surface area contributed by atoms with Gasteiger partial charge < -0.3 is 11.1 Å². The van der Waals surface area contributed by atoms with E-state index < -0.39 is 4.92 Å². The first-order chi connectivity index (χ1) is 6.60. The molecular weight excluding hydrogens is 202 g/mol. The lowest BCUT2D eigenvalue weighted by Crippen LogP contribution is -1.98. The highest BCUT2D eigenvalue weighted by Gasteiger charge is 2.15. The average molecular weight is 211 g/mol. The monoisotopic (exact) mass is 211 g/mol. The minimum Gasteiger partial charge on any atom is -0.398 e. The number of nitrogens with two attached hydrogens (primary N) is 1. The second-order valence-electron chi connectivity index (χ2n) is 2.55. The van der Waals surface area contributed by atoms with Gasteiger partial charge >= 0.3 is 0 Å². The molecule has 0 spiro atoms. The zero-order valence-electron chi connectivity index (χ0n) is 7.48. The maximum atomic E-state index is 10.6. The second kappa shape index (κ2) is 4.10. The van der Waals surface area contributed by atoms with E-state index in [2.05, 4.69) is 0 Å². The molecule has 0 aromatic heterocycles. The Morgan fingerprint density at radius 3 is 2.71 bits per heavy atom. The number of thioether (sulfide) groups is 1. The molecule has 1 rings (SSSR count). The molecule has 0 heterocycles. The van der Waals surface area contributed by atoms with Crippen LogP contribution in [0.2, 0.25) is 0 Å². The SMILES string of the molecule is CSc1cc(N)c(C=N)cc1[N+](=O)[O-]. The fraction of sp³-hybridized carbons (Fsp3) is 0.125. The molecule has 3 N–H and O–H groups in total. The van der Waals surface area contributed by atoms with Crippen molar-refractivity contribution in [3.8, 4) is 0 Å². The molecule has 0 radical (unpaired) electrons. The minimum atomic E-state index is -0.474. The lowest BCUT2D eigenvalue weighted by molar-refractivity contribution is -0.387. The highest BCUT2D eigenvalue weighted by atomic mass is 32.2. The van der Waals surface area contributed by atoms with E-state index in [1.165, 1.54) is 23.9 Å². The van der Waals surface area contributed by atoms with Crippen LogP contribution < -0.4 is 5.73 Å². The standard InChI is InChI=1S/C8H9N3O2S/c1-14-8-3-6(10)5(4-9)2-7(8)11(12)13/h2-4,9H,10H2,1H3. The summed E-state index contributed by atoms with van der Waals surface area (Å²) in [5.74, 6) is 0. The highest BCUT2D eigenvalue weighted by molar-refractivity contribution is 7.98. The van der Waals surface area contributed by atoms with Gasteiger partial charge in [0.1, 0.15) is 0 Å². The fourth-order valence-corrected chi connectivity index (χ4v) is 1.62. The molecule has 1 aromatic rings. The van der Waals surface area contributed by atoms with Crippen LogP contribution in [0.25, 0.3) is 0 Å². The van der Waals surface area contributed by atoms with Crippen LogP contribution in [-0.4, -0.2) is 17.4 Å². The Labute approximate surface area is 85.0 Å². The second-order valence-corrected chi connectivity index (χ2v) is 3.40. The molecular formula is C8H9N3O2S. The summed E-state index contributed by atoms with van der Waals surface area (Å²) in [5, 5.41) is 17.7. The van der Waals surface area contributed by atoms with E-state index in [0.717, 1.165) is 6.21 Å². The molecule has 74 valence electrons. The molecule has 1 aromatic carbocycles. The Morgan fingerprint density at radius 1 is 1.64 bits per heavy atom. The van der Waals surface area contributed by atoms with Crippen LogP contribution in [-0.2, 0) is 0 Å². The van der Waals surface area contributed by atoms with Gasteiger partial charge in [0.05, 0.1) is 9.82 Å². The first-order valence-electron chi connectivity index (χ1n) is 3.72. The van der Waals surface area contributed by atoms with Gasteiger partial charge in [0.15, 0.2) is 0 Å². The van der Waals surface area contributed by atoms with E-state index in [-0.39, 0.29) is 5.69 Å². The first-order valence-corrected chi connectivity index (χ1v) is 4.95. The maximum absolute atomic E-state index is 10.6. The van der Waals surface area contributed by atoms with Crippen LogP contribution in [0.4, 0.5) is 11.4 Å². The quantitative estimate of drug-likeness (QED) is 0.262. The fourth-order valence-electron chi connectivity index (χ4n) is 1.03. The third kappa shape index (κ3) is 1.85. The van der Waals surface area contributed by atoms with Gasteiger partial charge in [-0.25, -0.2) is 0 Å². The maximum Gasteiger partial charge on any atom is 0.283 e. The Hall–Kier alpha value is -1.56. The van der Waals surface area contributed by atoms with Crippen molar-refractivity contribution >= 4 is 29.4 Å². The summed E-state index contributed by atoms with van der Waals surface area (Å²) in [6.07, 6.45) is 2.75. The minimum absolute atomic E-state index is 0.00907. The third-order valence-electron chi connectivity index (χ3n) is 1.74. The molecule has 0 aliphatic heterocycles. The van der Waals surface area contributed by atoms with Gasteiger partial charge in [-0.3, -0.25) is 10.1 Å². The van der Waals surface area contributed by atoms with Gasteiger partial charge in [-0.15, -0.1) is 11.8 Å². The molecule has 0 aliphatic rings. The van der Waals surface area contributed by atoms with Crippen LogP contribution in [0, 0.1) is 15.5 Å². The van der Waals surface area contributed by atoms with Crippen LogP contribution in [0.5, 0.6) is 0 Å². The number of hydrogen-bond donors (Lipinski definition) is 2. The Bertz CT molecular complexity index is 392. The van der Waals surface area contributed by atoms with Gasteiger partial charge in [-0.05, 0) is 12.3 Å². The molecule has 6 heteroatoms. The van der Waals surface area contributed by atoms with Crippen molar-refractivity contribution in [1.82, 2.24) is 0 Å². The summed E-state index contributed by atoms with van der Waals surface area (Å²) in [6.45, 7) is 0. The van der Waals surface area contributed by atoms with Crippen molar-refractivity contribution < 1.29 is 4.92 Å². The third-order valence-corrected chi connectivity index (χ3v) is 2.50. The summed E-state index contributed by atoms with van der Waals surface area (Å²) in [6, 6.07) is 2.83. The number of nitro benzene ring substituents is 1. The smallest absolute Gasteiger partial charge is 0.283 e. The number of rotatable bonds is 3. The summed E-state index contributed by atoms with van der Waals surface area (Å²) >= 11 is 1.26. The van der Waals surface area contributed by atoms with Gasteiger partial charge in [0, 0.05) is 23.5 Å². The number of nitrogen functional groups attached to an aromatic ring is 1. The van der Waals surface area contributed by atoms with E-state index in [9.17, 15) is 10.1 Å². The van der Waals surface area contributed by atoms with E-state index >= 15 is 0 Å². The van der Waals surface area contributed by atoms with Crippen LogP contribution in [0.15, 0.2) is 17.0 Å². The predicted octanol–water partition coefficient (Wildman–Crippen LogP) is 1.90. The largest absolute Gasteiger partial charge is 0.398 e. The number of benzene rings is 1. The summed E-state index contributed by atoms with van der Waals surface area (Å²) in [4.78, 5) is 10.7.